The van der Waals surface area contributed by atoms with E-state index in [0.717, 1.165) is 31.0 Å². The van der Waals surface area contributed by atoms with Crippen LogP contribution in [0.1, 0.15) is 46.2 Å². The second-order valence-corrected chi connectivity index (χ2v) is 6.98. The van der Waals surface area contributed by atoms with Gasteiger partial charge in [0, 0.05) is 25.3 Å². The van der Waals surface area contributed by atoms with Crippen LogP contribution in [0.4, 0.5) is 13.2 Å². The number of amides is 2. The minimum absolute atomic E-state index is 0.115. The Kier molecular flexibility index (Phi) is 4.60. The number of fused-ring (bicyclic) bond motifs is 1. The molecule has 9 heteroatoms. The molecule has 1 fully saturated rings. The number of piperazine rings is 1. The largest absolute Gasteiger partial charge is 0.416 e. The van der Waals surface area contributed by atoms with E-state index in [0.29, 0.717) is 6.54 Å². The molecule has 0 unspecified atom stereocenters. The molecule has 1 aromatic carbocycles. The molecule has 1 N–H and O–H groups in total. The summed E-state index contributed by atoms with van der Waals surface area (Å²) in [5.74, 6) is -1.15. The molecule has 1 atom stereocenters. The van der Waals surface area contributed by atoms with Gasteiger partial charge in [-0.05, 0) is 37.0 Å². The molecule has 3 heterocycles. The van der Waals surface area contributed by atoms with Gasteiger partial charge in [0.05, 0.1) is 5.56 Å². The Hall–Kier alpha value is -2.84. The summed E-state index contributed by atoms with van der Waals surface area (Å²) in [5.41, 5.74) is -0.0482. The molecule has 4 rings (SSSR count). The lowest BCUT2D eigenvalue weighted by Crippen LogP contribution is -2.52. The molecule has 28 heavy (non-hydrogen) atoms. The van der Waals surface area contributed by atoms with Crippen LogP contribution in [0.15, 0.2) is 30.3 Å². The van der Waals surface area contributed by atoms with Crippen molar-refractivity contribution in [1.29, 1.82) is 0 Å². The molecule has 2 amide bonds. The van der Waals surface area contributed by atoms with Crippen molar-refractivity contribution in [2.45, 2.75) is 38.0 Å². The zero-order chi connectivity index (χ0) is 19.9. The number of nitrogens with zero attached hydrogens (tertiary/aromatic N) is 3. The van der Waals surface area contributed by atoms with Crippen molar-refractivity contribution < 1.29 is 22.8 Å². The summed E-state index contributed by atoms with van der Waals surface area (Å²) in [6, 6.07) is 5.21. The van der Waals surface area contributed by atoms with E-state index in [2.05, 4.69) is 10.4 Å². The first-order valence-electron chi connectivity index (χ1n) is 9.18. The maximum Gasteiger partial charge on any atom is 0.416 e. The summed E-state index contributed by atoms with van der Waals surface area (Å²) < 4.78 is 42.2. The van der Waals surface area contributed by atoms with Crippen LogP contribution in [-0.4, -0.2) is 39.6 Å². The van der Waals surface area contributed by atoms with Crippen LogP contribution in [0.5, 0.6) is 0 Å². The molecule has 2 aliphatic heterocycles. The normalized spacial score (nSPS) is 19.9. The van der Waals surface area contributed by atoms with Crippen molar-refractivity contribution in [2.75, 3.05) is 13.1 Å². The topological polar surface area (TPSA) is 67.2 Å². The van der Waals surface area contributed by atoms with E-state index in [1.807, 2.05) is 0 Å². The average Bonchev–Trinajstić information content (AvgIpc) is 3.11. The molecule has 0 saturated carbocycles. The van der Waals surface area contributed by atoms with Crippen LogP contribution in [0, 0.1) is 0 Å². The summed E-state index contributed by atoms with van der Waals surface area (Å²) >= 11 is 0. The van der Waals surface area contributed by atoms with Crippen LogP contribution in [0.3, 0.4) is 0 Å². The van der Waals surface area contributed by atoms with Gasteiger partial charge in [0.15, 0.2) is 5.69 Å². The number of hydrogen-bond donors (Lipinski definition) is 1. The first kappa shape index (κ1) is 18.5. The monoisotopic (exact) mass is 392 g/mol. The molecule has 0 bridgehead atoms. The number of hydrogen-bond acceptors (Lipinski definition) is 3. The minimum Gasteiger partial charge on any atom is -0.352 e. The van der Waals surface area contributed by atoms with Crippen molar-refractivity contribution in [3.63, 3.8) is 0 Å². The van der Waals surface area contributed by atoms with Crippen LogP contribution in [0.2, 0.25) is 0 Å². The van der Waals surface area contributed by atoms with Gasteiger partial charge in [-0.2, -0.15) is 18.3 Å². The summed E-state index contributed by atoms with van der Waals surface area (Å²) in [4.78, 5) is 26.8. The lowest BCUT2D eigenvalue weighted by atomic mass is 9.96. The molecular weight excluding hydrogens is 373 g/mol. The van der Waals surface area contributed by atoms with Crippen LogP contribution >= 0.6 is 0 Å². The third kappa shape index (κ3) is 3.25. The standard InChI is InChI=1S/C19H19F3N4O2/c20-19(21,22)14-7-2-1-6-13(14)16-17(27)23-8-10-25(16)18(28)15-11-12-5-3-4-9-26(12)24-15/h1-2,6-7,11,16H,3-5,8-10H2,(H,23,27)/t16-/m0/s1. The number of benzene rings is 1. The number of nitrogens with one attached hydrogen (secondary N) is 1. The molecule has 148 valence electrons. The fourth-order valence-electron chi connectivity index (χ4n) is 3.86. The first-order chi connectivity index (χ1) is 13.4. The van der Waals surface area contributed by atoms with E-state index in [1.165, 1.54) is 23.1 Å². The highest BCUT2D eigenvalue weighted by Gasteiger charge is 2.42. The van der Waals surface area contributed by atoms with Gasteiger partial charge < -0.3 is 10.2 Å². The molecule has 1 aromatic heterocycles. The highest BCUT2D eigenvalue weighted by molar-refractivity contribution is 5.97. The van der Waals surface area contributed by atoms with E-state index in [9.17, 15) is 22.8 Å². The van der Waals surface area contributed by atoms with Crippen LogP contribution < -0.4 is 5.32 Å². The number of aryl methyl sites for hydroxylation is 2. The van der Waals surface area contributed by atoms with Gasteiger partial charge in [-0.3, -0.25) is 14.3 Å². The maximum absolute atomic E-state index is 13.5. The van der Waals surface area contributed by atoms with Gasteiger partial charge in [0.2, 0.25) is 5.91 Å². The van der Waals surface area contributed by atoms with E-state index in [-0.39, 0.29) is 24.3 Å². The zero-order valence-electron chi connectivity index (χ0n) is 15.0. The van der Waals surface area contributed by atoms with Gasteiger partial charge >= 0.3 is 6.18 Å². The lowest BCUT2D eigenvalue weighted by Gasteiger charge is -2.35. The second-order valence-electron chi connectivity index (χ2n) is 6.98. The Labute approximate surface area is 159 Å². The second kappa shape index (κ2) is 6.96. The van der Waals surface area contributed by atoms with Gasteiger partial charge in [-0.1, -0.05) is 18.2 Å². The third-order valence-corrected chi connectivity index (χ3v) is 5.17. The third-order valence-electron chi connectivity index (χ3n) is 5.17. The SMILES string of the molecule is O=C1NCCN(C(=O)c2cc3n(n2)CCCC3)[C@H]1c1ccccc1C(F)(F)F. The fraction of sp³-hybridized carbons (Fsp3) is 0.421. The predicted molar refractivity (Wildman–Crippen MR) is 93.4 cm³/mol. The molecule has 2 aromatic rings. The van der Waals surface area contributed by atoms with Crippen molar-refractivity contribution in [3.05, 3.63) is 52.8 Å². The maximum atomic E-state index is 13.5. The summed E-state index contributed by atoms with van der Waals surface area (Å²) in [6.07, 6.45) is -1.85. The van der Waals surface area contributed by atoms with E-state index in [4.69, 9.17) is 0 Å². The van der Waals surface area contributed by atoms with Crippen LogP contribution in [0.25, 0.3) is 0 Å². The minimum atomic E-state index is -4.63. The van der Waals surface area contributed by atoms with Gasteiger partial charge in [-0.15, -0.1) is 0 Å². The van der Waals surface area contributed by atoms with Crippen molar-refractivity contribution in [3.8, 4) is 0 Å². The molecule has 2 aliphatic rings. The highest BCUT2D eigenvalue weighted by atomic mass is 19.4. The summed E-state index contributed by atoms with van der Waals surface area (Å²) in [7, 11) is 0. The Balaban J connectivity index is 1.73. The number of rotatable bonds is 2. The number of aromatic nitrogens is 2. The molecule has 0 aliphatic carbocycles. The number of carbonyl (C=O) groups is 2. The predicted octanol–water partition coefficient (Wildman–Crippen LogP) is 2.55. The van der Waals surface area contributed by atoms with E-state index in [1.54, 1.807) is 10.7 Å². The van der Waals surface area contributed by atoms with Crippen LogP contribution in [-0.2, 0) is 23.9 Å². The van der Waals surface area contributed by atoms with E-state index >= 15 is 0 Å². The number of alkyl halides is 3. The van der Waals surface area contributed by atoms with Crippen molar-refractivity contribution >= 4 is 11.8 Å². The quantitative estimate of drug-likeness (QED) is 0.854. The highest BCUT2D eigenvalue weighted by Crippen LogP contribution is 2.37. The molecule has 6 nitrogen and oxygen atoms in total. The van der Waals surface area contributed by atoms with E-state index < -0.39 is 29.6 Å². The van der Waals surface area contributed by atoms with Gasteiger partial charge in [0.1, 0.15) is 6.04 Å². The van der Waals surface area contributed by atoms with Crippen molar-refractivity contribution in [2.24, 2.45) is 0 Å². The number of halogens is 3. The Morgan fingerprint density at radius 1 is 1.18 bits per heavy atom. The lowest BCUT2D eigenvalue weighted by molar-refractivity contribution is -0.139. The zero-order valence-corrected chi connectivity index (χ0v) is 15.0. The van der Waals surface area contributed by atoms with Gasteiger partial charge in [0.25, 0.3) is 5.91 Å². The average molecular weight is 392 g/mol. The van der Waals surface area contributed by atoms with Crippen molar-refractivity contribution in [1.82, 2.24) is 20.0 Å². The summed E-state index contributed by atoms with van der Waals surface area (Å²) in [6.45, 7) is 1.01. The smallest absolute Gasteiger partial charge is 0.352 e. The first-order valence-corrected chi connectivity index (χ1v) is 9.18. The fourth-order valence-corrected chi connectivity index (χ4v) is 3.86. The number of carbonyl (C=O) groups excluding carboxylic acids is 2. The Morgan fingerprint density at radius 3 is 2.71 bits per heavy atom. The summed E-state index contributed by atoms with van der Waals surface area (Å²) in [5, 5.41) is 6.89. The molecule has 0 spiro atoms. The molecular formula is C19H19F3N4O2. The van der Waals surface area contributed by atoms with Gasteiger partial charge in [-0.25, -0.2) is 0 Å². The Bertz CT molecular complexity index is 899. The molecule has 1 saturated heterocycles. The molecule has 0 radical (unpaired) electrons. The Morgan fingerprint density at radius 2 is 1.96 bits per heavy atom.